The molecule has 112 valence electrons. The summed E-state index contributed by atoms with van der Waals surface area (Å²) >= 11 is 0. The van der Waals surface area contributed by atoms with Crippen LogP contribution < -0.4 is 14.9 Å². The van der Waals surface area contributed by atoms with Crippen LogP contribution in [-0.2, 0) is 0 Å². The molecule has 2 aromatic rings. The molecule has 8 nitrogen and oxygen atoms in total. The van der Waals surface area contributed by atoms with E-state index in [1.807, 2.05) is 18.2 Å². The van der Waals surface area contributed by atoms with E-state index >= 15 is 0 Å². The van der Waals surface area contributed by atoms with Crippen molar-refractivity contribution in [2.75, 3.05) is 18.6 Å². The third-order valence-corrected chi connectivity index (χ3v) is 2.92. The summed E-state index contributed by atoms with van der Waals surface area (Å²) in [4.78, 5) is 13.9. The van der Waals surface area contributed by atoms with Gasteiger partial charge in [0, 0.05) is 6.07 Å². The fraction of sp³-hybridized carbons (Fsp3) is 0.143. The Morgan fingerprint density at radius 3 is 2.77 bits per heavy atom. The highest BCUT2D eigenvalue weighted by Gasteiger charge is 2.10. The minimum Gasteiger partial charge on any atom is -0.486 e. The second-order valence-electron chi connectivity index (χ2n) is 4.43. The molecule has 0 aliphatic carbocycles. The lowest BCUT2D eigenvalue weighted by Gasteiger charge is -2.18. The summed E-state index contributed by atoms with van der Waals surface area (Å²) < 4.78 is 10.9. The molecule has 0 saturated heterocycles. The molecular weight excluding hydrogens is 288 g/mol. The normalized spacial score (nSPS) is 13.1. The van der Waals surface area contributed by atoms with Gasteiger partial charge in [-0.05, 0) is 29.8 Å². The van der Waals surface area contributed by atoms with E-state index < -0.39 is 4.92 Å². The smallest absolute Gasteiger partial charge is 0.287 e. The van der Waals surface area contributed by atoms with E-state index in [1.54, 1.807) is 6.21 Å². The Bertz CT molecular complexity index is 715. The Morgan fingerprint density at radius 1 is 1.23 bits per heavy atom. The van der Waals surface area contributed by atoms with Crippen LogP contribution in [0.5, 0.6) is 11.5 Å². The maximum absolute atomic E-state index is 10.5. The van der Waals surface area contributed by atoms with Crippen molar-refractivity contribution >= 4 is 17.7 Å². The third-order valence-electron chi connectivity index (χ3n) is 2.92. The Hall–Kier alpha value is -3.16. The van der Waals surface area contributed by atoms with Gasteiger partial charge in [-0.3, -0.25) is 15.5 Å². The molecule has 0 unspecified atom stereocenters. The van der Waals surface area contributed by atoms with Gasteiger partial charge in [-0.2, -0.15) is 5.10 Å². The van der Waals surface area contributed by atoms with Gasteiger partial charge in [0.1, 0.15) is 25.2 Å². The van der Waals surface area contributed by atoms with Crippen molar-refractivity contribution in [2.45, 2.75) is 0 Å². The highest BCUT2D eigenvalue weighted by atomic mass is 16.6. The van der Waals surface area contributed by atoms with Crippen LogP contribution in [0.4, 0.5) is 11.5 Å². The van der Waals surface area contributed by atoms with Gasteiger partial charge in [-0.25, -0.2) is 4.98 Å². The summed E-state index contributed by atoms with van der Waals surface area (Å²) in [7, 11) is 0. The maximum atomic E-state index is 10.5. The van der Waals surface area contributed by atoms with Crippen molar-refractivity contribution in [2.24, 2.45) is 5.10 Å². The number of rotatable bonds is 4. The molecule has 0 spiro atoms. The van der Waals surface area contributed by atoms with E-state index in [9.17, 15) is 10.1 Å². The van der Waals surface area contributed by atoms with Crippen LogP contribution in [0.2, 0.25) is 0 Å². The number of benzene rings is 1. The Morgan fingerprint density at radius 2 is 2.05 bits per heavy atom. The average Bonchev–Trinajstić information content (AvgIpc) is 2.55. The van der Waals surface area contributed by atoms with Gasteiger partial charge in [0.15, 0.2) is 11.5 Å². The molecule has 0 bridgehead atoms. The molecule has 0 fully saturated rings. The first-order valence-electron chi connectivity index (χ1n) is 6.51. The number of nitrogens with zero attached hydrogens (tertiary/aromatic N) is 3. The lowest BCUT2D eigenvalue weighted by atomic mass is 10.2. The summed E-state index contributed by atoms with van der Waals surface area (Å²) in [6, 6.07) is 8.33. The number of hydrogen-bond donors (Lipinski definition) is 1. The number of hydrazone groups is 1. The minimum atomic E-state index is -0.505. The van der Waals surface area contributed by atoms with Crippen molar-refractivity contribution < 1.29 is 14.4 Å². The summed E-state index contributed by atoms with van der Waals surface area (Å²) in [5.41, 5.74) is 3.47. The van der Waals surface area contributed by atoms with E-state index in [1.165, 1.54) is 18.3 Å². The zero-order valence-corrected chi connectivity index (χ0v) is 11.4. The molecule has 1 aromatic carbocycles. The summed E-state index contributed by atoms with van der Waals surface area (Å²) in [6.45, 7) is 1.08. The first-order valence-corrected chi connectivity index (χ1v) is 6.51. The number of fused-ring (bicyclic) bond motifs is 1. The number of aromatic nitrogens is 1. The number of hydrogen-bond acceptors (Lipinski definition) is 7. The quantitative estimate of drug-likeness (QED) is 0.528. The molecule has 2 heterocycles. The molecule has 8 heteroatoms. The maximum Gasteiger partial charge on any atom is 0.287 e. The molecule has 0 atom stereocenters. The van der Waals surface area contributed by atoms with E-state index in [2.05, 4.69) is 15.5 Å². The average molecular weight is 300 g/mol. The van der Waals surface area contributed by atoms with Gasteiger partial charge < -0.3 is 9.47 Å². The molecular formula is C14H12N4O4. The van der Waals surface area contributed by atoms with Gasteiger partial charge in [-0.1, -0.05) is 0 Å². The van der Waals surface area contributed by atoms with Crippen LogP contribution in [0.1, 0.15) is 5.56 Å². The van der Waals surface area contributed by atoms with Crippen molar-refractivity contribution in [3.8, 4) is 11.5 Å². The van der Waals surface area contributed by atoms with Crippen LogP contribution in [0.25, 0.3) is 0 Å². The zero-order chi connectivity index (χ0) is 15.4. The van der Waals surface area contributed by atoms with Gasteiger partial charge in [0.25, 0.3) is 5.69 Å². The molecule has 1 aliphatic rings. The standard InChI is InChI=1S/C14H12N4O4/c19-18(20)11-2-4-14(15-9-11)17-16-8-10-1-3-12-13(7-10)22-6-5-21-12/h1-4,7-9H,5-6H2,(H,15,17). The van der Waals surface area contributed by atoms with Crippen LogP contribution in [-0.4, -0.2) is 29.3 Å². The molecule has 22 heavy (non-hydrogen) atoms. The first-order chi connectivity index (χ1) is 10.7. The van der Waals surface area contributed by atoms with E-state index in [4.69, 9.17) is 9.47 Å². The van der Waals surface area contributed by atoms with Gasteiger partial charge in [0.2, 0.25) is 0 Å². The number of pyridine rings is 1. The van der Waals surface area contributed by atoms with E-state index in [0.29, 0.717) is 30.5 Å². The van der Waals surface area contributed by atoms with E-state index in [0.717, 1.165) is 5.56 Å². The van der Waals surface area contributed by atoms with Crippen molar-refractivity contribution in [1.82, 2.24) is 4.98 Å². The van der Waals surface area contributed by atoms with Crippen LogP contribution >= 0.6 is 0 Å². The summed E-state index contributed by atoms with van der Waals surface area (Å²) in [5, 5.41) is 14.6. The lowest BCUT2D eigenvalue weighted by molar-refractivity contribution is -0.385. The van der Waals surface area contributed by atoms with Gasteiger partial charge in [0.05, 0.1) is 11.1 Å². The summed E-state index contributed by atoms with van der Waals surface area (Å²) in [5.74, 6) is 1.82. The fourth-order valence-electron chi connectivity index (χ4n) is 1.87. The third kappa shape index (κ3) is 3.11. The predicted octanol–water partition coefficient (Wildman–Crippen LogP) is 2.21. The van der Waals surface area contributed by atoms with Crippen LogP contribution in [0, 0.1) is 10.1 Å². The minimum absolute atomic E-state index is 0.0682. The molecule has 3 rings (SSSR count). The largest absolute Gasteiger partial charge is 0.486 e. The second kappa shape index (κ2) is 6.08. The lowest BCUT2D eigenvalue weighted by Crippen LogP contribution is -2.15. The Labute approximate surface area is 125 Å². The van der Waals surface area contributed by atoms with Crippen molar-refractivity contribution in [3.05, 3.63) is 52.2 Å². The molecule has 1 N–H and O–H groups in total. The molecule has 0 saturated carbocycles. The molecule has 0 radical (unpaired) electrons. The van der Waals surface area contributed by atoms with Crippen molar-refractivity contribution in [3.63, 3.8) is 0 Å². The predicted molar refractivity (Wildman–Crippen MR) is 79.5 cm³/mol. The topological polar surface area (TPSA) is 98.9 Å². The van der Waals surface area contributed by atoms with E-state index in [-0.39, 0.29) is 5.69 Å². The van der Waals surface area contributed by atoms with Crippen LogP contribution in [0.15, 0.2) is 41.6 Å². The SMILES string of the molecule is O=[N+]([O-])c1ccc(NN=Cc2ccc3c(c2)OCCO3)nc1. The number of anilines is 1. The molecule has 0 amide bonds. The summed E-state index contributed by atoms with van der Waals surface area (Å²) in [6.07, 6.45) is 2.77. The van der Waals surface area contributed by atoms with Gasteiger partial charge >= 0.3 is 0 Å². The monoisotopic (exact) mass is 300 g/mol. The molecule has 1 aromatic heterocycles. The highest BCUT2D eigenvalue weighted by molar-refractivity contribution is 5.81. The second-order valence-corrected chi connectivity index (χ2v) is 4.43. The van der Waals surface area contributed by atoms with Crippen LogP contribution in [0.3, 0.4) is 0 Å². The number of nitro groups is 1. The number of ether oxygens (including phenoxy) is 2. The molecule has 1 aliphatic heterocycles. The first kappa shape index (κ1) is 13.8. The fourth-order valence-corrected chi connectivity index (χ4v) is 1.87. The van der Waals surface area contributed by atoms with Crippen molar-refractivity contribution in [1.29, 1.82) is 0 Å². The van der Waals surface area contributed by atoms with Gasteiger partial charge in [-0.15, -0.1) is 0 Å². The number of nitrogens with one attached hydrogen (secondary N) is 1. The Balaban J connectivity index is 1.65. The zero-order valence-electron chi connectivity index (χ0n) is 11.4. The highest BCUT2D eigenvalue weighted by Crippen LogP contribution is 2.30. The Kier molecular flexibility index (Phi) is 3.82.